The lowest BCUT2D eigenvalue weighted by atomic mass is 9.95. The minimum Gasteiger partial charge on any atom is -0.383 e. The van der Waals surface area contributed by atoms with Crippen LogP contribution in [0.3, 0.4) is 0 Å². The van der Waals surface area contributed by atoms with Crippen molar-refractivity contribution < 1.29 is 9.13 Å². The normalized spacial score (nSPS) is 16.2. The van der Waals surface area contributed by atoms with Crippen LogP contribution in [-0.4, -0.2) is 82.5 Å². The van der Waals surface area contributed by atoms with Gasteiger partial charge in [-0.05, 0) is 36.6 Å². The number of ether oxygens (including phenoxy) is 1. The van der Waals surface area contributed by atoms with Crippen LogP contribution in [0.4, 0.5) is 15.9 Å². The zero-order chi connectivity index (χ0) is 25.4. The monoisotopic (exact) mass is 541 g/mol. The second-order valence-electron chi connectivity index (χ2n) is 9.49. The molecule has 4 aromatic rings. The van der Waals surface area contributed by atoms with Crippen molar-refractivity contribution in [3.8, 4) is 10.4 Å². The summed E-state index contributed by atoms with van der Waals surface area (Å²) in [6.45, 7) is 8.02. The Morgan fingerprint density at radius 1 is 1.08 bits per heavy atom. The van der Waals surface area contributed by atoms with E-state index in [9.17, 15) is 4.39 Å². The van der Waals surface area contributed by atoms with Crippen LogP contribution in [0.1, 0.15) is 11.3 Å². The van der Waals surface area contributed by atoms with Crippen LogP contribution in [0.25, 0.3) is 20.7 Å². The Morgan fingerprint density at radius 2 is 1.89 bits per heavy atom. The molecule has 0 saturated carbocycles. The fraction of sp³-hybridized carbons (Fsp3) is 0.423. The van der Waals surface area contributed by atoms with E-state index < -0.39 is 5.82 Å². The first-order chi connectivity index (χ1) is 18.1. The number of rotatable bonds is 8. The van der Waals surface area contributed by atoms with Crippen molar-refractivity contribution in [2.75, 3.05) is 58.3 Å². The molecule has 3 aromatic heterocycles. The van der Waals surface area contributed by atoms with Gasteiger partial charge in [-0.25, -0.2) is 14.4 Å². The highest BCUT2D eigenvalue weighted by molar-refractivity contribution is 7.22. The predicted molar refractivity (Wildman–Crippen MR) is 145 cm³/mol. The van der Waals surface area contributed by atoms with Gasteiger partial charge in [-0.15, -0.1) is 11.3 Å². The summed E-state index contributed by atoms with van der Waals surface area (Å²) >= 11 is 7.67. The Hall–Kier alpha value is -2.63. The highest BCUT2D eigenvalue weighted by Crippen LogP contribution is 2.45. The number of benzene rings is 1. The molecule has 1 aliphatic heterocycles. The van der Waals surface area contributed by atoms with E-state index in [0.717, 1.165) is 81.2 Å². The van der Waals surface area contributed by atoms with Crippen LogP contribution >= 0.6 is 22.9 Å². The molecule has 0 bridgehead atoms. The molecule has 1 saturated heterocycles. The summed E-state index contributed by atoms with van der Waals surface area (Å²) in [7, 11) is 1.76. The van der Waals surface area contributed by atoms with E-state index in [1.165, 1.54) is 22.1 Å². The second kappa shape index (κ2) is 10.6. The highest BCUT2D eigenvalue weighted by Gasteiger charge is 2.27. The third-order valence-electron chi connectivity index (χ3n) is 7.19. The van der Waals surface area contributed by atoms with Gasteiger partial charge in [0.25, 0.3) is 0 Å². The maximum absolute atomic E-state index is 13.6. The third-order valence-corrected chi connectivity index (χ3v) is 8.65. The van der Waals surface area contributed by atoms with E-state index in [1.807, 2.05) is 0 Å². The number of methoxy groups -OCH3 is 1. The molecule has 8 nitrogen and oxygen atoms in total. The van der Waals surface area contributed by atoms with Gasteiger partial charge in [-0.1, -0.05) is 11.6 Å². The molecule has 0 radical (unpaired) electrons. The molecule has 0 unspecified atom stereocenters. The summed E-state index contributed by atoms with van der Waals surface area (Å²) in [5, 5.41) is 9.35. The molecule has 0 spiro atoms. The maximum atomic E-state index is 13.6. The molecule has 0 amide bonds. The number of hydrogen-bond acceptors (Lipinski definition) is 8. The zero-order valence-electron chi connectivity index (χ0n) is 20.7. The van der Waals surface area contributed by atoms with E-state index in [4.69, 9.17) is 21.4 Å². The molecule has 1 N–H and O–H groups in total. The molecule has 4 heterocycles. The summed E-state index contributed by atoms with van der Waals surface area (Å²) in [6, 6.07) is 4.59. The summed E-state index contributed by atoms with van der Waals surface area (Å²) < 4.78 is 20.9. The van der Waals surface area contributed by atoms with Crippen LogP contribution in [-0.2, 0) is 24.1 Å². The van der Waals surface area contributed by atoms with Crippen LogP contribution in [0, 0.1) is 5.82 Å². The smallest absolute Gasteiger partial charge is 0.142 e. The molecule has 11 heteroatoms. The minimum absolute atomic E-state index is 0.0766. The predicted octanol–water partition coefficient (Wildman–Crippen LogP) is 4.45. The average Bonchev–Trinajstić information content (AvgIpc) is 3.50. The van der Waals surface area contributed by atoms with Crippen molar-refractivity contribution in [1.82, 2.24) is 29.5 Å². The van der Waals surface area contributed by atoms with Crippen molar-refractivity contribution in [3.05, 3.63) is 52.8 Å². The molecule has 1 fully saturated rings. The molecular weight excluding hydrogens is 513 g/mol. The third kappa shape index (κ3) is 5.08. The number of nitrogens with zero attached hydrogens (tertiary/aromatic N) is 6. The van der Waals surface area contributed by atoms with E-state index in [0.29, 0.717) is 11.5 Å². The van der Waals surface area contributed by atoms with E-state index >= 15 is 0 Å². The van der Waals surface area contributed by atoms with Gasteiger partial charge in [0.15, 0.2) is 0 Å². The molecule has 6 rings (SSSR count). The molecule has 1 aliphatic carbocycles. The van der Waals surface area contributed by atoms with E-state index in [-0.39, 0.29) is 5.02 Å². The Labute approximate surface area is 224 Å². The van der Waals surface area contributed by atoms with Crippen LogP contribution in [0.15, 0.2) is 30.7 Å². The van der Waals surface area contributed by atoms with E-state index in [2.05, 4.69) is 36.0 Å². The number of aryl methyl sites for hydroxylation is 2. The molecule has 2 aliphatic rings. The molecule has 0 atom stereocenters. The van der Waals surface area contributed by atoms with Gasteiger partial charge in [-0.2, -0.15) is 5.10 Å². The minimum atomic E-state index is -0.443. The van der Waals surface area contributed by atoms with Crippen LogP contribution < -0.4 is 5.32 Å². The molecule has 1 aromatic carbocycles. The Kier molecular flexibility index (Phi) is 7.09. The summed E-state index contributed by atoms with van der Waals surface area (Å²) in [6.07, 6.45) is 5.53. The van der Waals surface area contributed by atoms with Crippen molar-refractivity contribution in [3.63, 3.8) is 0 Å². The second-order valence-corrected chi connectivity index (χ2v) is 10.9. The van der Waals surface area contributed by atoms with Crippen molar-refractivity contribution in [2.24, 2.45) is 0 Å². The van der Waals surface area contributed by atoms with Gasteiger partial charge in [0.1, 0.15) is 22.8 Å². The summed E-state index contributed by atoms with van der Waals surface area (Å²) in [5.74, 6) is 0.271. The topological polar surface area (TPSA) is 71.3 Å². The number of fused-ring (bicyclic) bond motifs is 5. The zero-order valence-corrected chi connectivity index (χ0v) is 22.3. The van der Waals surface area contributed by atoms with Gasteiger partial charge in [0, 0.05) is 68.7 Å². The number of halogens is 2. The van der Waals surface area contributed by atoms with Gasteiger partial charge in [0.05, 0.1) is 29.3 Å². The maximum Gasteiger partial charge on any atom is 0.142 e. The van der Waals surface area contributed by atoms with Crippen LogP contribution in [0.5, 0.6) is 0 Å². The lowest BCUT2D eigenvalue weighted by molar-refractivity contribution is 0.0948. The first-order valence-electron chi connectivity index (χ1n) is 12.6. The molecule has 37 heavy (non-hydrogen) atoms. The summed E-state index contributed by atoms with van der Waals surface area (Å²) in [5.41, 5.74) is 4.28. The largest absolute Gasteiger partial charge is 0.383 e. The first-order valence-corrected chi connectivity index (χ1v) is 13.8. The quantitative estimate of drug-likeness (QED) is 0.353. The fourth-order valence-corrected chi connectivity index (χ4v) is 6.55. The number of thiophene rings is 1. The average molecular weight is 542 g/mol. The molecular formula is C26H29ClFN7OS. The Balaban J connectivity index is 1.19. The van der Waals surface area contributed by atoms with E-state index in [1.54, 1.807) is 36.9 Å². The number of anilines is 2. The SMILES string of the molecule is COCCN1CCN(CCn2cc3c(n2)CCc2c-3sc3ncnc(Nc4ccc(F)c(Cl)c4)c23)CC1. The number of piperazine rings is 1. The van der Waals surface area contributed by atoms with Gasteiger partial charge in [0.2, 0.25) is 0 Å². The lowest BCUT2D eigenvalue weighted by Gasteiger charge is -2.34. The fourth-order valence-electron chi connectivity index (χ4n) is 5.15. The number of nitrogens with one attached hydrogen (secondary N) is 1. The Morgan fingerprint density at radius 3 is 2.68 bits per heavy atom. The highest BCUT2D eigenvalue weighted by atomic mass is 35.5. The standard InChI is InChI=1S/C26H29ClFN7OS/c1-36-13-12-34-8-6-33(7-9-34)10-11-35-15-19-22(32-35)5-3-18-23-25(29-16-30-26(23)37-24(18)19)31-17-2-4-21(28)20(27)14-17/h2,4,14-16H,3,5-13H2,1H3,(H,29,30,31). The van der Waals surface area contributed by atoms with Gasteiger partial charge in [-0.3, -0.25) is 14.5 Å². The van der Waals surface area contributed by atoms with Crippen molar-refractivity contribution in [2.45, 2.75) is 19.4 Å². The lowest BCUT2D eigenvalue weighted by Crippen LogP contribution is -2.47. The summed E-state index contributed by atoms with van der Waals surface area (Å²) in [4.78, 5) is 16.2. The van der Waals surface area contributed by atoms with Crippen molar-refractivity contribution in [1.29, 1.82) is 0 Å². The van der Waals surface area contributed by atoms with Crippen LogP contribution in [0.2, 0.25) is 5.02 Å². The van der Waals surface area contributed by atoms with Gasteiger partial charge < -0.3 is 10.1 Å². The van der Waals surface area contributed by atoms with Crippen molar-refractivity contribution >= 4 is 44.7 Å². The van der Waals surface area contributed by atoms with Gasteiger partial charge >= 0.3 is 0 Å². The molecule has 194 valence electrons. The number of hydrogen-bond donors (Lipinski definition) is 1. The Bertz CT molecular complexity index is 1420. The number of aromatic nitrogens is 4. The first kappa shape index (κ1) is 24.7.